The average molecular weight is 307 g/mol. The van der Waals surface area contributed by atoms with Crippen molar-refractivity contribution in [3.63, 3.8) is 0 Å². The summed E-state index contributed by atoms with van der Waals surface area (Å²) in [4.78, 5) is 16.3. The fourth-order valence-corrected chi connectivity index (χ4v) is 3.30. The summed E-state index contributed by atoms with van der Waals surface area (Å²) in [5, 5.41) is 14.5. The van der Waals surface area contributed by atoms with Gasteiger partial charge in [0.15, 0.2) is 5.69 Å². The molecule has 0 aliphatic carbocycles. The Morgan fingerprint density at radius 1 is 1.62 bits per heavy atom. The molecule has 0 bridgehead atoms. The fourth-order valence-electron chi connectivity index (χ4n) is 2.55. The molecular weight excluding hydrogens is 290 g/mol. The molecule has 21 heavy (non-hydrogen) atoms. The molecule has 2 aromatic rings. The normalized spacial score (nSPS) is 18.1. The zero-order valence-electron chi connectivity index (χ0n) is 12.0. The largest absolute Gasteiger partial charge is 0.464 e. The second-order valence-corrected chi connectivity index (χ2v) is 5.95. The summed E-state index contributed by atoms with van der Waals surface area (Å²) in [5.74, 6) is -0.444. The number of aromatic nitrogens is 4. The van der Waals surface area contributed by atoms with E-state index in [-0.39, 0.29) is 6.04 Å². The van der Waals surface area contributed by atoms with Gasteiger partial charge in [0.05, 0.1) is 25.4 Å². The van der Waals surface area contributed by atoms with E-state index in [1.165, 1.54) is 7.11 Å². The molecule has 0 amide bonds. The maximum Gasteiger partial charge on any atom is 0.360 e. The minimum atomic E-state index is -0.444. The Labute approximate surface area is 126 Å². The molecule has 7 nitrogen and oxygen atoms in total. The van der Waals surface area contributed by atoms with Crippen molar-refractivity contribution in [2.45, 2.75) is 32.4 Å². The smallest absolute Gasteiger partial charge is 0.360 e. The van der Waals surface area contributed by atoms with E-state index in [0.29, 0.717) is 12.2 Å². The number of aryl methyl sites for hydroxylation is 1. The Morgan fingerprint density at radius 2 is 2.48 bits per heavy atom. The summed E-state index contributed by atoms with van der Waals surface area (Å²) >= 11 is 1.58. The zero-order chi connectivity index (χ0) is 14.8. The number of esters is 1. The van der Waals surface area contributed by atoms with Crippen LogP contribution in [0.1, 0.15) is 45.8 Å². The highest BCUT2D eigenvalue weighted by molar-refractivity contribution is 7.09. The minimum absolute atomic E-state index is 0.0927. The fraction of sp³-hybridized carbons (Fsp3) is 0.538. The standard InChI is InChI=1S/C13H17N5O2S/c1-8-7-21-10(15-8)6-18-12(9-4-3-5-14-9)11(16-17-18)13(19)20-2/h7,9,14H,3-6H2,1-2H3. The molecule has 1 saturated heterocycles. The number of hydrogen-bond acceptors (Lipinski definition) is 7. The zero-order valence-corrected chi connectivity index (χ0v) is 12.8. The third-order valence-corrected chi connectivity index (χ3v) is 4.45. The molecule has 1 aliphatic heterocycles. The summed E-state index contributed by atoms with van der Waals surface area (Å²) in [6.07, 6.45) is 2.04. The minimum Gasteiger partial charge on any atom is -0.464 e. The van der Waals surface area contributed by atoms with Crippen molar-refractivity contribution in [1.82, 2.24) is 25.3 Å². The molecular formula is C13H17N5O2S. The number of thiazole rings is 1. The van der Waals surface area contributed by atoms with E-state index in [9.17, 15) is 4.79 Å². The van der Waals surface area contributed by atoms with Crippen molar-refractivity contribution in [2.24, 2.45) is 0 Å². The summed E-state index contributed by atoms with van der Waals surface area (Å²) in [6.45, 7) is 3.42. The molecule has 0 spiro atoms. The molecule has 2 aromatic heterocycles. The van der Waals surface area contributed by atoms with Crippen LogP contribution in [0.5, 0.6) is 0 Å². The van der Waals surface area contributed by atoms with Crippen LogP contribution in [0.2, 0.25) is 0 Å². The molecule has 0 saturated carbocycles. The molecule has 1 aliphatic rings. The quantitative estimate of drug-likeness (QED) is 0.858. The lowest BCUT2D eigenvalue weighted by atomic mass is 10.1. The lowest BCUT2D eigenvalue weighted by Gasteiger charge is -2.13. The molecule has 1 N–H and O–H groups in total. The van der Waals surface area contributed by atoms with E-state index in [0.717, 1.165) is 35.8 Å². The summed E-state index contributed by atoms with van der Waals surface area (Å²) in [7, 11) is 1.36. The summed E-state index contributed by atoms with van der Waals surface area (Å²) in [5.41, 5.74) is 2.08. The van der Waals surface area contributed by atoms with Gasteiger partial charge in [0.2, 0.25) is 0 Å². The Morgan fingerprint density at radius 3 is 3.10 bits per heavy atom. The van der Waals surface area contributed by atoms with Gasteiger partial charge in [-0.05, 0) is 26.3 Å². The number of ether oxygens (including phenoxy) is 1. The number of carbonyl (C=O) groups is 1. The molecule has 1 atom stereocenters. The third kappa shape index (κ3) is 2.81. The molecule has 112 valence electrons. The van der Waals surface area contributed by atoms with Gasteiger partial charge in [0.1, 0.15) is 5.01 Å². The molecule has 3 rings (SSSR count). The van der Waals surface area contributed by atoms with Crippen LogP contribution in [-0.2, 0) is 11.3 Å². The van der Waals surface area contributed by atoms with Gasteiger partial charge in [0.25, 0.3) is 0 Å². The second kappa shape index (κ2) is 5.90. The Balaban J connectivity index is 1.95. The van der Waals surface area contributed by atoms with Crippen molar-refractivity contribution < 1.29 is 9.53 Å². The highest BCUT2D eigenvalue weighted by Gasteiger charge is 2.29. The first kappa shape index (κ1) is 14.2. The van der Waals surface area contributed by atoms with Gasteiger partial charge in [-0.3, -0.25) is 0 Å². The first-order valence-electron chi connectivity index (χ1n) is 6.85. The number of methoxy groups -OCH3 is 1. The van der Waals surface area contributed by atoms with E-state index < -0.39 is 5.97 Å². The Bertz CT molecular complexity index is 645. The first-order valence-corrected chi connectivity index (χ1v) is 7.73. The van der Waals surface area contributed by atoms with Crippen molar-refractivity contribution in [3.8, 4) is 0 Å². The number of nitrogens with one attached hydrogen (secondary N) is 1. The van der Waals surface area contributed by atoms with Gasteiger partial charge in [-0.2, -0.15) is 0 Å². The maximum atomic E-state index is 11.9. The molecule has 1 unspecified atom stereocenters. The second-order valence-electron chi connectivity index (χ2n) is 5.00. The number of rotatable bonds is 4. The number of carbonyl (C=O) groups excluding carboxylic acids is 1. The van der Waals surface area contributed by atoms with Crippen molar-refractivity contribution in [3.05, 3.63) is 27.5 Å². The first-order chi connectivity index (χ1) is 10.2. The molecule has 0 aromatic carbocycles. The van der Waals surface area contributed by atoms with Crippen molar-refractivity contribution >= 4 is 17.3 Å². The predicted molar refractivity (Wildman–Crippen MR) is 77.3 cm³/mol. The van der Waals surface area contributed by atoms with E-state index in [2.05, 4.69) is 20.6 Å². The Hall–Kier alpha value is -1.80. The molecule has 1 fully saturated rings. The highest BCUT2D eigenvalue weighted by Crippen LogP contribution is 2.26. The average Bonchev–Trinajstić information content (AvgIpc) is 3.19. The third-order valence-electron chi connectivity index (χ3n) is 3.49. The van der Waals surface area contributed by atoms with E-state index in [1.807, 2.05) is 12.3 Å². The number of nitrogens with zero attached hydrogens (tertiary/aromatic N) is 4. The van der Waals surface area contributed by atoms with Crippen LogP contribution in [-0.4, -0.2) is 39.6 Å². The van der Waals surface area contributed by atoms with Crippen LogP contribution in [0.4, 0.5) is 0 Å². The van der Waals surface area contributed by atoms with Crippen LogP contribution in [0.25, 0.3) is 0 Å². The van der Waals surface area contributed by atoms with Crippen LogP contribution < -0.4 is 5.32 Å². The van der Waals surface area contributed by atoms with Gasteiger partial charge in [-0.25, -0.2) is 14.5 Å². The van der Waals surface area contributed by atoms with Gasteiger partial charge >= 0.3 is 5.97 Å². The lowest BCUT2D eigenvalue weighted by Crippen LogP contribution is -2.21. The molecule has 8 heteroatoms. The Kier molecular flexibility index (Phi) is 3.98. The monoisotopic (exact) mass is 307 g/mol. The van der Waals surface area contributed by atoms with Crippen molar-refractivity contribution in [1.29, 1.82) is 0 Å². The molecule has 0 radical (unpaired) electrons. The van der Waals surface area contributed by atoms with Crippen LogP contribution in [0.15, 0.2) is 5.38 Å². The van der Waals surface area contributed by atoms with E-state index >= 15 is 0 Å². The highest BCUT2D eigenvalue weighted by atomic mass is 32.1. The predicted octanol–water partition coefficient (Wildman–Crippen LogP) is 1.30. The SMILES string of the molecule is COC(=O)c1nnn(Cc2nc(C)cs2)c1C1CCCN1. The van der Waals surface area contributed by atoms with Crippen molar-refractivity contribution in [2.75, 3.05) is 13.7 Å². The van der Waals surface area contributed by atoms with E-state index in [4.69, 9.17) is 4.74 Å². The number of hydrogen-bond donors (Lipinski definition) is 1. The van der Waals surface area contributed by atoms with Gasteiger partial charge in [-0.15, -0.1) is 16.4 Å². The topological polar surface area (TPSA) is 81.9 Å². The molecule has 3 heterocycles. The van der Waals surface area contributed by atoms with Crippen LogP contribution in [0.3, 0.4) is 0 Å². The maximum absolute atomic E-state index is 11.9. The van der Waals surface area contributed by atoms with E-state index in [1.54, 1.807) is 16.0 Å². The van der Waals surface area contributed by atoms with Gasteiger partial charge in [-0.1, -0.05) is 5.21 Å². The van der Waals surface area contributed by atoms with Crippen LogP contribution in [0, 0.1) is 6.92 Å². The van der Waals surface area contributed by atoms with Crippen LogP contribution >= 0.6 is 11.3 Å². The lowest BCUT2D eigenvalue weighted by molar-refractivity contribution is 0.0591. The summed E-state index contributed by atoms with van der Waals surface area (Å²) in [6, 6.07) is 0.0927. The summed E-state index contributed by atoms with van der Waals surface area (Å²) < 4.78 is 6.57. The van der Waals surface area contributed by atoms with Gasteiger partial charge in [0, 0.05) is 11.1 Å². The van der Waals surface area contributed by atoms with Gasteiger partial charge < -0.3 is 10.1 Å².